The highest BCUT2D eigenvalue weighted by Crippen LogP contribution is 2.28. The standard InChI is InChI=1S/C11H15FN6O/c1-18-16-10(15-17-18)6-8(14-13)11-7(12)4-3-5-9(11)19-2/h3-5,8,14H,6,13H2,1-2H3. The number of ether oxygens (including phenoxy) is 1. The fraction of sp³-hybridized carbons (Fsp3) is 0.364. The maximum Gasteiger partial charge on any atom is 0.176 e. The first-order valence-corrected chi connectivity index (χ1v) is 5.67. The van der Waals surface area contributed by atoms with Gasteiger partial charge in [0.1, 0.15) is 11.6 Å². The molecule has 0 amide bonds. The number of benzene rings is 1. The van der Waals surface area contributed by atoms with Crippen LogP contribution < -0.4 is 16.0 Å². The predicted octanol–water partition coefficient (Wildman–Crippen LogP) is 0.105. The van der Waals surface area contributed by atoms with E-state index in [9.17, 15) is 4.39 Å². The van der Waals surface area contributed by atoms with Gasteiger partial charge in [-0.1, -0.05) is 6.07 Å². The van der Waals surface area contributed by atoms with Gasteiger partial charge in [-0.15, -0.1) is 10.2 Å². The summed E-state index contributed by atoms with van der Waals surface area (Å²) in [6, 6.07) is 4.10. The van der Waals surface area contributed by atoms with Gasteiger partial charge in [0, 0.05) is 12.0 Å². The highest BCUT2D eigenvalue weighted by atomic mass is 19.1. The molecule has 1 atom stereocenters. The lowest BCUT2D eigenvalue weighted by Gasteiger charge is -2.18. The molecule has 0 saturated heterocycles. The van der Waals surface area contributed by atoms with Crippen molar-refractivity contribution in [3.8, 4) is 5.75 Å². The predicted molar refractivity (Wildman–Crippen MR) is 65.5 cm³/mol. The Morgan fingerprint density at radius 2 is 2.32 bits per heavy atom. The Morgan fingerprint density at radius 1 is 1.53 bits per heavy atom. The molecule has 19 heavy (non-hydrogen) atoms. The van der Waals surface area contributed by atoms with E-state index < -0.39 is 11.9 Å². The van der Waals surface area contributed by atoms with Gasteiger partial charge < -0.3 is 4.74 Å². The summed E-state index contributed by atoms with van der Waals surface area (Å²) in [4.78, 5) is 1.33. The van der Waals surface area contributed by atoms with Crippen molar-refractivity contribution in [2.24, 2.45) is 12.9 Å². The van der Waals surface area contributed by atoms with Crippen molar-refractivity contribution in [3.05, 3.63) is 35.4 Å². The first-order valence-electron chi connectivity index (χ1n) is 5.67. The summed E-state index contributed by atoms with van der Waals surface area (Å²) in [5, 5.41) is 11.6. The molecule has 2 aromatic rings. The molecule has 0 bridgehead atoms. The third-order valence-electron chi connectivity index (χ3n) is 2.72. The van der Waals surface area contributed by atoms with E-state index in [1.54, 1.807) is 19.2 Å². The van der Waals surface area contributed by atoms with Crippen LogP contribution in [0.5, 0.6) is 5.75 Å². The number of halogens is 1. The minimum absolute atomic E-state index is 0.307. The second kappa shape index (κ2) is 5.72. The summed E-state index contributed by atoms with van der Waals surface area (Å²) >= 11 is 0. The molecule has 8 heteroatoms. The van der Waals surface area contributed by atoms with Crippen molar-refractivity contribution < 1.29 is 9.13 Å². The fourth-order valence-electron chi connectivity index (χ4n) is 1.87. The summed E-state index contributed by atoms with van der Waals surface area (Å²) in [6.07, 6.45) is 0.307. The second-order valence-corrected chi connectivity index (χ2v) is 3.97. The number of hydrogen-bond acceptors (Lipinski definition) is 6. The summed E-state index contributed by atoms with van der Waals surface area (Å²) in [5.41, 5.74) is 2.90. The van der Waals surface area contributed by atoms with E-state index in [1.807, 2.05) is 0 Å². The van der Waals surface area contributed by atoms with E-state index in [4.69, 9.17) is 10.6 Å². The molecule has 1 aromatic carbocycles. The molecule has 102 valence electrons. The SMILES string of the molecule is COc1cccc(F)c1C(Cc1nnn(C)n1)NN. The quantitative estimate of drug-likeness (QED) is 0.589. The Balaban J connectivity index is 2.31. The lowest BCUT2D eigenvalue weighted by molar-refractivity contribution is 0.389. The molecule has 7 nitrogen and oxygen atoms in total. The summed E-state index contributed by atoms with van der Waals surface area (Å²) in [7, 11) is 3.14. The van der Waals surface area contributed by atoms with Gasteiger partial charge in [-0.2, -0.15) is 4.80 Å². The molecular formula is C11H15FN6O. The van der Waals surface area contributed by atoms with E-state index in [0.717, 1.165) is 0 Å². The Bertz CT molecular complexity index is 558. The van der Waals surface area contributed by atoms with Crippen LogP contribution in [0.25, 0.3) is 0 Å². The van der Waals surface area contributed by atoms with Crippen LogP contribution in [-0.2, 0) is 13.5 Å². The summed E-state index contributed by atoms with van der Waals surface area (Å²) < 4.78 is 19.1. The number of aromatic nitrogens is 4. The second-order valence-electron chi connectivity index (χ2n) is 3.97. The van der Waals surface area contributed by atoms with E-state index in [1.165, 1.54) is 18.0 Å². The highest BCUT2D eigenvalue weighted by molar-refractivity contribution is 5.37. The minimum Gasteiger partial charge on any atom is -0.496 e. The maximum atomic E-state index is 13.9. The number of nitrogens with two attached hydrogens (primary N) is 1. The largest absolute Gasteiger partial charge is 0.496 e. The average molecular weight is 266 g/mol. The van der Waals surface area contributed by atoms with Crippen molar-refractivity contribution in [3.63, 3.8) is 0 Å². The Morgan fingerprint density at radius 3 is 2.89 bits per heavy atom. The number of aryl methyl sites for hydroxylation is 1. The molecule has 3 N–H and O–H groups in total. The number of tetrazole rings is 1. The molecule has 0 aliphatic rings. The first kappa shape index (κ1) is 13.4. The van der Waals surface area contributed by atoms with E-state index in [2.05, 4.69) is 20.8 Å². The van der Waals surface area contributed by atoms with Gasteiger partial charge in [-0.25, -0.2) is 4.39 Å². The van der Waals surface area contributed by atoms with Gasteiger partial charge in [0.05, 0.1) is 20.2 Å². The van der Waals surface area contributed by atoms with Gasteiger partial charge in [0.15, 0.2) is 5.82 Å². The normalized spacial score (nSPS) is 12.4. The van der Waals surface area contributed by atoms with Gasteiger partial charge in [-0.3, -0.25) is 11.3 Å². The number of methoxy groups -OCH3 is 1. The van der Waals surface area contributed by atoms with Crippen LogP contribution in [0, 0.1) is 5.82 Å². The molecule has 0 aliphatic carbocycles. The highest BCUT2D eigenvalue weighted by Gasteiger charge is 2.21. The van der Waals surface area contributed by atoms with Crippen molar-refractivity contribution in [1.29, 1.82) is 0 Å². The first-order chi connectivity index (χ1) is 9.15. The van der Waals surface area contributed by atoms with Crippen LogP contribution in [0.4, 0.5) is 4.39 Å². The van der Waals surface area contributed by atoms with Crippen LogP contribution in [-0.4, -0.2) is 27.3 Å². The van der Waals surface area contributed by atoms with Crippen molar-refractivity contribution in [2.45, 2.75) is 12.5 Å². The third kappa shape index (κ3) is 2.85. The zero-order chi connectivity index (χ0) is 13.8. The molecule has 0 spiro atoms. The molecule has 1 aromatic heterocycles. The van der Waals surface area contributed by atoms with Crippen LogP contribution in [0.15, 0.2) is 18.2 Å². The monoisotopic (exact) mass is 266 g/mol. The van der Waals surface area contributed by atoms with Gasteiger partial charge in [0.25, 0.3) is 0 Å². The van der Waals surface area contributed by atoms with E-state index in [0.29, 0.717) is 23.6 Å². The molecule has 0 aliphatic heterocycles. The van der Waals surface area contributed by atoms with Crippen molar-refractivity contribution >= 4 is 0 Å². The Kier molecular flexibility index (Phi) is 4.03. The fourth-order valence-corrected chi connectivity index (χ4v) is 1.87. The number of hydrazine groups is 1. The van der Waals surface area contributed by atoms with Crippen LogP contribution in [0.2, 0.25) is 0 Å². The van der Waals surface area contributed by atoms with Gasteiger partial charge in [-0.05, 0) is 17.3 Å². The molecular weight excluding hydrogens is 251 g/mol. The van der Waals surface area contributed by atoms with E-state index in [-0.39, 0.29) is 0 Å². The lowest BCUT2D eigenvalue weighted by atomic mass is 10.0. The molecule has 2 rings (SSSR count). The molecule has 0 fully saturated rings. The number of rotatable bonds is 5. The van der Waals surface area contributed by atoms with E-state index >= 15 is 0 Å². The lowest BCUT2D eigenvalue weighted by Crippen LogP contribution is -2.31. The molecule has 0 saturated carbocycles. The summed E-state index contributed by atoms with van der Waals surface area (Å²) in [5.74, 6) is 5.99. The maximum absolute atomic E-state index is 13.9. The number of hydrogen-bond donors (Lipinski definition) is 2. The Labute approximate surface area is 109 Å². The zero-order valence-electron chi connectivity index (χ0n) is 10.7. The Hall–Kier alpha value is -2.06. The van der Waals surface area contributed by atoms with Gasteiger partial charge in [0.2, 0.25) is 0 Å². The smallest absolute Gasteiger partial charge is 0.176 e. The van der Waals surface area contributed by atoms with Crippen molar-refractivity contribution in [1.82, 2.24) is 25.6 Å². The minimum atomic E-state index is -0.500. The van der Waals surface area contributed by atoms with Crippen molar-refractivity contribution in [2.75, 3.05) is 7.11 Å². The molecule has 1 heterocycles. The number of nitrogens with zero attached hydrogens (tertiary/aromatic N) is 4. The molecule has 0 radical (unpaired) electrons. The number of nitrogens with one attached hydrogen (secondary N) is 1. The topological polar surface area (TPSA) is 90.9 Å². The van der Waals surface area contributed by atoms with Crippen LogP contribution >= 0.6 is 0 Å². The third-order valence-corrected chi connectivity index (χ3v) is 2.72. The average Bonchev–Trinajstić information content (AvgIpc) is 2.81. The molecule has 1 unspecified atom stereocenters. The van der Waals surface area contributed by atoms with Gasteiger partial charge >= 0.3 is 0 Å². The van der Waals surface area contributed by atoms with Crippen LogP contribution in [0.3, 0.4) is 0 Å². The zero-order valence-corrected chi connectivity index (χ0v) is 10.7. The van der Waals surface area contributed by atoms with Crippen LogP contribution in [0.1, 0.15) is 17.4 Å². The summed E-state index contributed by atoms with van der Waals surface area (Å²) in [6.45, 7) is 0.